The van der Waals surface area contributed by atoms with Crippen LogP contribution in [0.4, 0.5) is 4.79 Å². The first-order valence-electron chi connectivity index (χ1n) is 21.6. The van der Waals surface area contributed by atoms with Crippen molar-refractivity contribution in [1.29, 1.82) is 0 Å². The fourth-order valence-electron chi connectivity index (χ4n) is 8.04. The maximum absolute atomic E-state index is 12.6. The van der Waals surface area contributed by atoms with Crippen LogP contribution in [-0.4, -0.2) is 93.7 Å². The Hall–Kier alpha value is -5.89. The van der Waals surface area contributed by atoms with Crippen LogP contribution in [0.15, 0.2) is 87.2 Å². The molecule has 13 heteroatoms. The second-order valence-electron chi connectivity index (χ2n) is 17.6. The number of hydrogen-bond donors (Lipinski definition) is 0. The number of amides is 1. The molecule has 13 nitrogen and oxygen atoms in total. The summed E-state index contributed by atoms with van der Waals surface area (Å²) in [6, 6.07) is 23.3. The first-order valence-corrected chi connectivity index (χ1v) is 21.6. The summed E-state index contributed by atoms with van der Waals surface area (Å²) in [5.74, 6) is 0. The third kappa shape index (κ3) is 11.6. The van der Waals surface area contributed by atoms with Crippen molar-refractivity contribution in [2.24, 2.45) is 0 Å². The van der Waals surface area contributed by atoms with E-state index in [1.165, 1.54) is 4.57 Å². The first kappa shape index (κ1) is 46.6. The summed E-state index contributed by atoms with van der Waals surface area (Å²) < 4.78 is 21.4. The van der Waals surface area contributed by atoms with E-state index < -0.39 is 5.60 Å². The third-order valence-corrected chi connectivity index (χ3v) is 11.4. The van der Waals surface area contributed by atoms with Crippen molar-refractivity contribution >= 4 is 45.1 Å². The van der Waals surface area contributed by atoms with Crippen molar-refractivity contribution in [3.8, 4) is 0 Å². The third-order valence-electron chi connectivity index (χ3n) is 11.4. The van der Waals surface area contributed by atoms with Gasteiger partial charge in [0.1, 0.15) is 11.9 Å². The van der Waals surface area contributed by atoms with Crippen molar-refractivity contribution < 1.29 is 23.8 Å². The van der Waals surface area contributed by atoms with Gasteiger partial charge in [-0.15, -0.1) is 0 Å². The van der Waals surface area contributed by atoms with Crippen LogP contribution in [0.1, 0.15) is 54.2 Å². The minimum atomic E-state index is -0.472. The molecule has 0 aliphatic carbocycles. The van der Waals surface area contributed by atoms with E-state index >= 15 is 0 Å². The van der Waals surface area contributed by atoms with Gasteiger partial charge in [0.25, 0.3) is 16.7 Å². The maximum Gasteiger partial charge on any atom is 0.410 e. The maximum atomic E-state index is 12.6. The number of pyridine rings is 3. The molecule has 334 valence electrons. The fraction of sp³-hybridized carbons (Fsp3) is 0.420. The first-order chi connectivity index (χ1) is 29.9. The lowest BCUT2D eigenvalue weighted by molar-refractivity contribution is -0.108. The normalized spacial score (nSPS) is 14.7. The van der Waals surface area contributed by atoms with Gasteiger partial charge in [-0.1, -0.05) is 36.4 Å². The Morgan fingerprint density at radius 1 is 0.619 bits per heavy atom. The standard InChI is InChI=1S/C22H31N3O3.C15H17NO3.C13H13NO2/c1-16-6-7-18-17(2)15-20(26)25(19(18)14-16)13-10-23-8-11-24(12-9-23)21(27)28-22(3,4)5;1-10-3-4-12-11(2)8-14(17)16(13(12)7-10)9-15-18-5-6-19-15;1-9-3-4-11-10(2)8-13(16)14(5-6-15)12(11)7-9/h6-7,14-15H,8-13H2,1-5H3;3-4,7-8,15H,5-6,9H2,1-2H3;3-4,6-8H,5H2,1-2H3. The smallest absolute Gasteiger partial charge is 0.410 e. The molecule has 2 saturated heterocycles. The van der Waals surface area contributed by atoms with E-state index in [1.54, 1.807) is 27.7 Å². The number of carbonyl (C=O) groups is 2. The largest absolute Gasteiger partial charge is 0.444 e. The van der Waals surface area contributed by atoms with Gasteiger partial charge >= 0.3 is 6.09 Å². The lowest BCUT2D eigenvalue weighted by atomic mass is 10.1. The molecule has 0 spiro atoms. The minimum Gasteiger partial charge on any atom is -0.444 e. The van der Waals surface area contributed by atoms with E-state index in [1.807, 2.05) is 91.1 Å². The van der Waals surface area contributed by atoms with Crippen LogP contribution in [0.2, 0.25) is 0 Å². The number of aryl methyl sites for hydroxylation is 6. The van der Waals surface area contributed by atoms with Gasteiger partial charge in [0, 0.05) is 73.6 Å². The molecular formula is C50H61N5O8. The predicted molar refractivity (Wildman–Crippen MR) is 249 cm³/mol. The van der Waals surface area contributed by atoms with Crippen LogP contribution >= 0.6 is 0 Å². The predicted octanol–water partition coefficient (Wildman–Crippen LogP) is 6.98. The number of nitrogens with zero attached hydrogens (tertiary/aromatic N) is 5. The number of rotatable bonds is 7. The highest BCUT2D eigenvalue weighted by Crippen LogP contribution is 2.21. The second kappa shape index (κ2) is 20.1. The van der Waals surface area contributed by atoms with Crippen LogP contribution < -0.4 is 16.7 Å². The molecule has 0 bridgehead atoms. The van der Waals surface area contributed by atoms with E-state index in [2.05, 4.69) is 35.2 Å². The highest BCUT2D eigenvalue weighted by molar-refractivity contribution is 5.85. The summed E-state index contributed by atoms with van der Waals surface area (Å²) in [6.45, 7) is 23.6. The highest BCUT2D eigenvalue weighted by atomic mass is 16.7. The van der Waals surface area contributed by atoms with Crippen molar-refractivity contribution in [3.63, 3.8) is 0 Å². The molecule has 0 atom stereocenters. The van der Waals surface area contributed by atoms with Gasteiger partial charge < -0.3 is 37.6 Å². The molecule has 2 aliphatic heterocycles. The molecule has 3 aromatic heterocycles. The van der Waals surface area contributed by atoms with E-state index in [-0.39, 0.29) is 35.6 Å². The van der Waals surface area contributed by atoms with Gasteiger partial charge in [-0.2, -0.15) is 0 Å². The van der Waals surface area contributed by atoms with Crippen LogP contribution in [-0.2, 0) is 38.6 Å². The van der Waals surface area contributed by atoms with Gasteiger partial charge in [-0.3, -0.25) is 19.3 Å². The summed E-state index contributed by atoms with van der Waals surface area (Å²) in [4.78, 5) is 63.4. The molecule has 63 heavy (non-hydrogen) atoms. The number of aromatic nitrogens is 3. The van der Waals surface area contributed by atoms with E-state index in [9.17, 15) is 24.0 Å². The van der Waals surface area contributed by atoms with E-state index in [4.69, 9.17) is 14.2 Å². The van der Waals surface area contributed by atoms with Gasteiger partial charge in [-0.05, 0) is 114 Å². The van der Waals surface area contributed by atoms with Gasteiger partial charge in [0.15, 0.2) is 6.29 Å². The number of aldehydes is 1. The van der Waals surface area contributed by atoms with Gasteiger partial charge in [0.2, 0.25) is 0 Å². The second-order valence-corrected chi connectivity index (χ2v) is 17.6. The Balaban J connectivity index is 0.000000165. The molecule has 5 heterocycles. The Labute approximate surface area is 368 Å². The van der Waals surface area contributed by atoms with Crippen molar-refractivity contribution in [1.82, 2.24) is 23.5 Å². The molecule has 3 aromatic carbocycles. The van der Waals surface area contributed by atoms with Crippen LogP contribution in [0.5, 0.6) is 0 Å². The van der Waals surface area contributed by atoms with E-state index in [0.717, 1.165) is 92.0 Å². The molecule has 2 aliphatic rings. The molecule has 0 radical (unpaired) electrons. The molecule has 6 aromatic rings. The summed E-state index contributed by atoms with van der Waals surface area (Å²) in [7, 11) is 0. The number of benzene rings is 3. The van der Waals surface area contributed by atoms with Crippen molar-refractivity contribution in [3.05, 3.63) is 137 Å². The number of carbonyl (C=O) groups excluding carboxylic acids is 2. The van der Waals surface area contributed by atoms with Crippen molar-refractivity contribution in [2.45, 2.75) is 93.8 Å². The average molecular weight is 860 g/mol. The SMILES string of the molecule is Cc1ccc2c(C)cc(=O)n(CC3OCCO3)c2c1.Cc1ccc2c(C)cc(=O)n(CC=O)c2c1.Cc1ccc2c(C)cc(=O)n(CCN3CCN(C(=O)OC(C)(C)C)CC3)c2c1. The number of hydrogen-bond acceptors (Lipinski definition) is 9. The Kier molecular flexibility index (Phi) is 14.9. The zero-order valence-electron chi connectivity index (χ0n) is 38.2. The summed E-state index contributed by atoms with van der Waals surface area (Å²) in [5, 5.41) is 3.25. The zero-order chi connectivity index (χ0) is 45.6. The minimum absolute atomic E-state index is 0.00491. The monoisotopic (exact) mass is 859 g/mol. The fourth-order valence-corrected chi connectivity index (χ4v) is 8.04. The molecule has 0 unspecified atom stereocenters. The van der Waals surface area contributed by atoms with Crippen LogP contribution in [0.3, 0.4) is 0 Å². The summed E-state index contributed by atoms with van der Waals surface area (Å²) in [5.41, 5.74) is 8.56. The van der Waals surface area contributed by atoms with Gasteiger partial charge in [0.05, 0.1) is 42.9 Å². The molecule has 0 saturated carbocycles. The average Bonchev–Trinajstić information content (AvgIpc) is 3.74. The Morgan fingerprint density at radius 2 is 1.05 bits per heavy atom. The zero-order valence-corrected chi connectivity index (χ0v) is 38.2. The lowest BCUT2D eigenvalue weighted by Gasteiger charge is -2.35. The summed E-state index contributed by atoms with van der Waals surface area (Å²) >= 11 is 0. The number of piperazine rings is 1. The topological polar surface area (TPSA) is 134 Å². The molecule has 2 fully saturated rings. The summed E-state index contributed by atoms with van der Waals surface area (Å²) in [6.07, 6.45) is 0.186. The molecule has 1 amide bonds. The molecular weight excluding hydrogens is 799 g/mol. The van der Waals surface area contributed by atoms with E-state index in [0.29, 0.717) is 39.4 Å². The number of ether oxygens (including phenoxy) is 3. The van der Waals surface area contributed by atoms with Crippen molar-refractivity contribution in [2.75, 3.05) is 45.9 Å². The lowest BCUT2D eigenvalue weighted by Crippen LogP contribution is -2.50. The van der Waals surface area contributed by atoms with Crippen LogP contribution in [0, 0.1) is 41.5 Å². The van der Waals surface area contributed by atoms with Gasteiger partial charge in [-0.25, -0.2) is 4.79 Å². The molecule has 8 rings (SSSR count). The Bertz CT molecular complexity index is 2800. The Morgan fingerprint density at radius 3 is 1.51 bits per heavy atom. The quantitative estimate of drug-likeness (QED) is 0.156. The molecule has 0 N–H and O–H groups in total. The highest BCUT2D eigenvalue weighted by Gasteiger charge is 2.26. The number of fused-ring (bicyclic) bond motifs is 3. The van der Waals surface area contributed by atoms with Crippen LogP contribution in [0.25, 0.3) is 32.7 Å².